The van der Waals surface area contributed by atoms with Crippen LogP contribution in [0.2, 0.25) is 0 Å². The highest BCUT2D eigenvalue weighted by molar-refractivity contribution is 9.10. The SMILES string of the molecule is Cc1c(Br)cccc1NCc1ccc2[nH]ccc2c1. The van der Waals surface area contributed by atoms with E-state index in [0.717, 1.165) is 11.0 Å². The molecular weight excluding hydrogens is 300 g/mol. The van der Waals surface area contributed by atoms with E-state index in [2.05, 4.69) is 75.6 Å². The summed E-state index contributed by atoms with van der Waals surface area (Å²) in [6.45, 7) is 2.94. The third kappa shape index (κ3) is 2.51. The van der Waals surface area contributed by atoms with Crippen molar-refractivity contribution in [1.29, 1.82) is 0 Å². The first-order chi connectivity index (χ1) is 9.24. The van der Waals surface area contributed by atoms with Crippen molar-refractivity contribution in [3.8, 4) is 0 Å². The van der Waals surface area contributed by atoms with Crippen molar-refractivity contribution in [2.75, 3.05) is 5.32 Å². The maximum Gasteiger partial charge on any atom is 0.0454 e. The highest BCUT2D eigenvalue weighted by atomic mass is 79.9. The fraction of sp³-hybridized carbons (Fsp3) is 0.125. The second-order valence-corrected chi connectivity index (χ2v) is 5.52. The number of anilines is 1. The molecule has 0 fully saturated rings. The zero-order valence-corrected chi connectivity index (χ0v) is 12.3. The number of aromatic nitrogens is 1. The minimum absolute atomic E-state index is 0.832. The third-order valence-electron chi connectivity index (χ3n) is 3.37. The lowest BCUT2D eigenvalue weighted by Crippen LogP contribution is -2.01. The molecule has 0 saturated heterocycles. The Bertz CT molecular complexity index is 716. The van der Waals surface area contributed by atoms with Crippen LogP contribution in [0.5, 0.6) is 0 Å². The van der Waals surface area contributed by atoms with Gasteiger partial charge in [0.1, 0.15) is 0 Å². The van der Waals surface area contributed by atoms with Gasteiger partial charge in [0.25, 0.3) is 0 Å². The molecule has 0 radical (unpaired) electrons. The van der Waals surface area contributed by atoms with E-state index in [1.807, 2.05) is 6.20 Å². The smallest absolute Gasteiger partial charge is 0.0454 e. The second-order valence-electron chi connectivity index (χ2n) is 4.67. The van der Waals surface area contributed by atoms with Gasteiger partial charge in [-0.3, -0.25) is 0 Å². The van der Waals surface area contributed by atoms with Crippen LogP contribution in [-0.2, 0) is 6.54 Å². The highest BCUT2D eigenvalue weighted by Crippen LogP contribution is 2.24. The number of rotatable bonds is 3. The van der Waals surface area contributed by atoms with E-state index in [0.29, 0.717) is 0 Å². The Kier molecular flexibility index (Phi) is 3.30. The number of H-pyrrole nitrogens is 1. The molecule has 0 bridgehead atoms. The van der Waals surface area contributed by atoms with Crippen molar-refractivity contribution in [3.63, 3.8) is 0 Å². The Morgan fingerprint density at radius 1 is 1.16 bits per heavy atom. The number of hydrogen-bond donors (Lipinski definition) is 2. The molecule has 0 unspecified atom stereocenters. The summed E-state index contributed by atoms with van der Waals surface area (Å²) in [7, 11) is 0. The van der Waals surface area contributed by atoms with Crippen LogP contribution >= 0.6 is 15.9 Å². The number of aromatic amines is 1. The molecule has 3 rings (SSSR count). The van der Waals surface area contributed by atoms with Crippen molar-refractivity contribution in [2.45, 2.75) is 13.5 Å². The normalized spacial score (nSPS) is 10.8. The first kappa shape index (κ1) is 12.3. The summed E-state index contributed by atoms with van der Waals surface area (Å²) in [5.41, 5.74) is 4.88. The second kappa shape index (κ2) is 5.10. The molecule has 1 aromatic heterocycles. The number of benzene rings is 2. The maximum absolute atomic E-state index is 3.56. The predicted octanol–water partition coefficient (Wildman–Crippen LogP) is 4.85. The fourth-order valence-electron chi connectivity index (χ4n) is 2.21. The van der Waals surface area contributed by atoms with E-state index >= 15 is 0 Å². The van der Waals surface area contributed by atoms with Crippen molar-refractivity contribution >= 4 is 32.5 Å². The molecule has 0 saturated carbocycles. The Morgan fingerprint density at radius 3 is 2.95 bits per heavy atom. The number of halogens is 1. The first-order valence-corrected chi connectivity index (χ1v) is 7.08. The average Bonchev–Trinajstić information content (AvgIpc) is 2.88. The lowest BCUT2D eigenvalue weighted by Gasteiger charge is -2.11. The Hall–Kier alpha value is -1.74. The maximum atomic E-state index is 3.56. The molecule has 0 atom stereocenters. The van der Waals surface area contributed by atoms with Crippen molar-refractivity contribution < 1.29 is 0 Å². The lowest BCUT2D eigenvalue weighted by atomic mass is 10.1. The summed E-state index contributed by atoms with van der Waals surface area (Å²) < 4.78 is 1.14. The summed E-state index contributed by atoms with van der Waals surface area (Å²) in [6, 6.07) is 14.8. The molecule has 19 heavy (non-hydrogen) atoms. The molecule has 0 aliphatic rings. The van der Waals surface area contributed by atoms with Crippen molar-refractivity contribution in [2.24, 2.45) is 0 Å². The minimum Gasteiger partial charge on any atom is -0.381 e. The third-order valence-corrected chi connectivity index (χ3v) is 4.23. The summed E-state index contributed by atoms with van der Waals surface area (Å²) in [4.78, 5) is 3.21. The van der Waals surface area contributed by atoms with Gasteiger partial charge in [0.2, 0.25) is 0 Å². The molecule has 2 N–H and O–H groups in total. The van der Waals surface area contributed by atoms with E-state index in [1.54, 1.807) is 0 Å². The van der Waals surface area contributed by atoms with E-state index in [-0.39, 0.29) is 0 Å². The van der Waals surface area contributed by atoms with Gasteiger partial charge in [0.15, 0.2) is 0 Å². The van der Waals surface area contributed by atoms with Crippen LogP contribution < -0.4 is 5.32 Å². The molecular formula is C16H15BrN2. The monoisotopic (exact) mass is 314 g/mol. The summed E-state index contributed by atoms with van der Waals surface area (Å²) in [5.74, 6) is 0. The largest absolute Gasteiger partial charge is 0.381 e. The summed E-state index contributed by atoms with van der Waals surface area (Å²) in [5, 5.41) is 4.74. The highest BCUT2D eigenvalue weighted by Gasteiger charge is 2.02. The van der Waals surface area contributed by atoms with Crippen LogP contribution in [0.25, 0.3) is 10.9 Å². The van der Waals surface area contributed by atoms with E-state index in [1.165, 1.54) is 27.7 Å². The molecule has 3 aromatic rings. The molecule has 0 aliphatic heterocycles. The minimum atomic E-state index is 0.832. The van der Waals surface area contributed by atoms with Gasteiger partial charge in [0.05, 0.1) is 0 Å². The Morgan fingerprint density at radius 2 is 2.05 bits per heavy atom. The van der Waals surface area contributed by atoms with Crippen LogP contribution in [0.1, 0.15) is 11.1 Å². The number of fused-ring (bicyclic) bond motifs is 1. The first-order valence-electron chi connectivity index (χ1n) is 6.29. The predicted molar refractivity (Wildman–Crippen MR) is 84.5 cm³/mol. The Balaban J connectivity index is 1.80. The molecule has 0 aliphatic carbocycles. The standard InChI is InChI=1S/C16H15BrN2/c1-11-14(17)3-2-4-15(11)19-10-12-5-6-16-13(9-12)7-8-18-16/h2-9,18-19H,10H2,1H3. The van der Waals surface area contributed by atoms with Crippen LogP contribution in [0.3, 0.4) is 0 Å². The van der Waals surface area contributed by atoms with Crippen LogP contribution in [0.15, 0.2) is 53.1 Å². The van der Waals surface area contributed by atoms with Gasteiger partial charge in [-0.05, 0) is 53.8 Å². The summed E-state index contributed by atoms with van der Waals surface area (Å²) >= 11 is 3.56. The van der Waals surface area contributed by atoms with Gasteiger partial charge in [-0.25, -0.2) is 0 Å². The van der Waals surface area contributed by atoms with E-state index in [4.69, 9.17) is 0 Å². The molecule has 2 nitrogen and oxygen atoms in total. The van der Waals surface area contributed by atoms with Crippen LogP contribution in [-0.4, -0.2) is 4.98 Å². The van der Waals surface area contributed by atoms with Crippen molar-refractivity contribution in [3.05, 3.63) is 64.3 Å². The van der Waals surface area contributed by atoms with Gasteiger partial charge in [0, 0.05) is 28.4 Å². The molecule has 0 amide bonds. The van der Waals surface area contributed by atoms with E-state index in [9.17, 15) is 0 Å². The Labute approximate surface area is 121 Å². The molecule has 96 valence electrons. The zero-order chi connectivity index (χ0) is 13.2. The molecule has 0 spiro atoms. The number of hydrogen-bond acceptors (Lipinski definition) is 1. The quantitative estimate of drug-likeness (QED) is 0.710. The van der Waals surface area contributed by atoms with E-state index < -0.39 is 0 Å². The molecule has 2 aromatic carbocycles. The van der Waals surface area contributed by atoms with Gasteiger partial charge >= 0.3 is 0 Å². The lowest BCUT2D eigenvalue weighted by molar-refractivity contribution is 1.14. The molecule has 1 heterocycles. The van der Waals surface area contributed by atoms with Crippen molar-refractivity contribution in [1.82, 2.24) is 4.98 Å². The topological polar surface area (TPSA) is 27.8 Å². The van der Waals surface area contributed by atoms with Gasteiger partial charge < -0.3 is 10.3 Å². The van der Waals surface area contributed by atoms with Gasteiger partial charge in [-0.15, -0.1) is 0 Å². The van der Waals surface area contributed by atoms with Gasteiger partial charge in [-0.2, -0.15) is 0 Å². The molecule has 3 heteroatoms. The average molecular weight is 315 g/mol. The fourth-order valence-corrected chi connectivity index (χ4v) is 2.58. The van der Waals surface area contributed by atoms with Crippen LogP contribution in [0.4, 0.5) is 5.69 Å². The number of nitrogens with one attached hydrogen (secondary N) is 2. The zero-order valence-electron chi connectivity index (χ0n) is 10.7. The van der Waals surface area contributed by atoms with Crippen LogP contribution in [0, 0.1) is 6.92 Å². The summed E-state index contributed by atoms with van der Waals surface area (Å²) in [6.07, 6.45) is 1.97. The van der Waals surface area contributed by atoms with Gasteiger partial charge in [-0.1, -0.05) is 28.1 Å².